The zero-order valence-electron chi connectivity index (χ0n) is 18.3. The van der Waals surface area contributed by atoms with Crippen molar-refractivity contribution in [3.63, 3.8) is 0 Å². The summed E-state index contributed by atoms with van der Waals surface area (Å²) in [5.41, 5.74) is 0.428. The lowest BCUT2D eigenvalue weighted by Gasteiger charge is -2.30. The summed E-state index contributed by atoms with van der Waals surface area (Å²) in [7, 11) is -8.05. The van der Waals surface area contributed by atoms with Gasteiger partial charge in [0.25, 0.3) is 0 Å². The molecule has 0 aliphatic carbocycles. The Morgan fingerprint density at radius 3 is 1.76 bits per heavy atom. The van der Waals surface area contributed by atoms with Crippen molar-refractivity contribution in [1.29, 1.82) is 0 Å². The average Bonchev–Trinajstić information content (AvgIpc) is 2.79. The molecule has 0 spiro atoms. The van der Waals surface area contributed by atoms with Crippen molar-refractivity contribution in [1.82, 2.24) is 5.09 Å². The van der Waals surface area contributed by atoms with E-state index in [9.17, 15) is 9.13 Å². The maximum atomic E-state index is 14.5. The number of halogens is 1. The molecule has 0 aromatic heterocycles. The summed E-state index contributed by atoms with van der Waals surface area (Å²) in [6.45, 7) is 3.58. The number of rotatable bonds is 12. The molecule has 1 atom stereocenters. The predicted molar refractivity (Wildman–Crippen MR) is 130 cm³/mol. The molecule has 1 N–H and O–H groups in total. The van der Waals surface area contributed by atoms with E-state index in [0.29, 0.717) is 22.1 Å². The van der Waals surface area contributed by atoms with Crippen LogP contribution >= 0.6 is 26.9 Å². The van der Waals surface area contributed by atoms with E-state index in [1.807, 2.05) is 0 Å². The average molecular weight is 510 g/mol. The molecule has 0 saturated heterocycles. The number of benzene rings is 3. The molecule has 0 fully saturated rings. The first kappa shape index (κ1) is 25.5. The molecule has 0 aliphatic rings. The van der Waals surface area contributed by atoms with Gasteiger partial charge >= 0.3 is 15.3 Å². The minimum Gasteiger partial charge on any atom is -0.415 e. The van der Waals surface area contributed by atoms with E-state index in [2.05, 4.69) is 5.09 Å². The van der Waals surface area contributed by atoms with Crippen LogP contribution in [0.25, 0.3) is 0 Å². The molecule has 3 aromatic rings. The highest BCUT2D eigenvalue weighted by Gasteiger charge is 2.45. The summed E-state index contributed by atoms with van der Waals surface area (Å²) in [6, 6.07) is 23.8. The smallest absolute Gasteiger partial charge is 0.415 e. The lowest BCUT2D eigenvalue weighted by atomic mass is 10.2. The molecular formula is C23H26ClNO6P2. The van der Waals surface area contributed by atoms with E-state index in [-0.39, 0.29) is 13.2 Å². The molecule has 0 heterocycles. The monoisotopic (exact) mass is 509 g/mol. The van der Waals surface area contributed by atoms with Crippen molar-refractivity contribution in [3.05, 3.63) is 95.5 Å². The van der Waals surface area contributed by atoms with Gasteiger partial charge in [0, 0.05) is 5.02 Å². The quantitative estimate of drug-likeness (QED) is 0.254. The van der Waals surface area contributed by atoms with Crippen LogP contribution in [0.2, 0.25) is 5.02 Å². The van der Waals surface area contributed by atoms with E-state index in [0.717, 1.165) is 0 Å². The van der Waals surface area contributed by atoms with Crippen molar-refractivity contribution in [2.24, 2.45) is 0 Å². The summed E-state index contributed by atoms with van der Waals surface area (Å²) >= 11 is 6.22. The van der Waals surface area contributed by atoms with Crippen LogP contribution in [0.15, 0.2) is 84.9 Å². The second-order valence-corrected chi connectivity index (χ2v) is 10.9. The van der Waals surface area contributed by atoms with Gasteiger partial charge in [-0.15, -0.1) is 0 Å². The normalized spacial score (nSPS) is 12.8. The molecule has 10 heteroatoms. The van der Waals surface area contributed by atoms with Gasteiger partial charge in [-0.2, -0.15) is 0 Å². The van der Waals surface area contributed by atoms with Gasteiger partial charge in [0.2, 0.25) is 0 Å². The Morgan fingerprint density at radius 2 is 1.30 bits per heavy atom. The van der Waals surface area contributed by atoms with Gasteiger partial charge in [-0.3, -0.25) is 9.05 Å². The SMILES string of the molecule is CCOP(=O)(NC(c1cccc(Cl)c1)P(=O)(Oc1ccccc1)Oc1ccccc1)OCC. The summed E-state index contributed by atoms with van der Waals surface area (Å²) in [5.74, 6) is -0.609. The fraction of sp³-hybridized carbons (Fsp3) is 0.217. The Morgan fingerprint density at radius 1 is 0.788 bits per heavy atom. The van der Waals surface area contributed by atoms with Crippen molar-refractivity contribution >= 4 is 26.9 Å². The van der Waals surface area contributed by atoms with Gasteiger partial charge < -0.3 is 9.05 Å². The molecule has 0 bridgehead atoms. The highest BCUT2D eigenvalue weighted by Crippen LogP contribution is 2.63. The Balaban J connectivity index is 2.13. The zero-order chi connectivity index (χ0) is 23.7. The molecule has 3 aromatic carbocycles. The van der Waals surface area contributed by atoms with Crippen molar-refractivity contribution in [3.8, 4) is 11.5 Å². The maximum absolute atomic E-state index is 14.5. The van der Waals surface area contributed by atoms with Crippen molar-refractivity contribution in [2.75, 3.05) is 13.2 Å². The third-order valence-electron chi connectivity index (χ3n) is 4.31. The molecule has 176 valence electrons. The Hall–Kier alpha value is -2.11. The Bertz CT molecular complexity index is 1060. The van der Waals surface area contributed by atoms with E-state index in [1.165, 1.54) is 0 Å². The standard InChI is InChI=1S/C23H26ClNO6P2/c1-3-28-33(27,29-4-2)25-23(19-12-11-13-20(24)18-19)32(26,30-21-14-7-5-8-15-21)31-22-16-9-6-10-17-22/h5-18,23H,3-4H2,1-2H3,(H,25,27). The molecule has 1 unspecified atom stereocenters. The van der Waals surface area contributed by atoms with Gasteiger partial charge in [0.1, 0.15) is 11.5 Å². The fourth-order valence-electron chi connectivity index (χ4n) is 2.99. The highest BCUT2D eigenvalue weighted by atomic mass is 35.5. The minimum absolute atomic E-state index is 0.107. The fourth-order valence-corrected chi connectivity index (χ4v) is 7.13. The number of para-hydroxylation sites is 2. The van der Waals surface area contributed by atoms with Crippen LogP contribution in [-0.2, 0) is 18.2 Å². The molecule has 0 saturated carbocycles. The summed E-state index contributed by atoms with van der Waals surface area (Å²) < 4.78 is 50.6. The minimum atomic E-state index is -4.16. The first-order chi connectivity index (χ1) is 15.9. The van der Waals surface area contributed by atoms with Gasteiger partial charge in [-0.1, -0.05) is 60.1 Å². The van der Waals surface area contributed by atoms with Gasteiger partial charge in [-0.25, -0.2) is 14.2 Å². The number of nitrogens with one attached hydrogen (secondary N) is 1. The van der Waals surface area contributed by atoms with Crippen molar-refractivity contribution in [2.45, 2.75) is 19.6 Å². The summed E-state index contributed by atoms with van der Waals surface area (Å²) in [4.78, 5) is 0. The molecule has 33 heavy (non-hydrogen) atoms. The number of hydrogen-bond acceptors (Lipinski definition) is 6. The van der Waals surface area contributed by atoms with Crippen LogP contribution in [0.1, 0.15) is 25.2 Å². The largest absolute Gasteiger partial charge is 0.452 e. The van der Waals surface area contributed by atoms with Gasteiger partial charge in [0.05, 0.1) is 13.2 Å². The summed E-state index contributed by atoms with van der Waals surface area (Å²) in [5, 5.41) is 3.19. The first-order valence-electron chi connectivity index (χ1n) is 10.4. The lowest BCUT2D eigenvalue weighted by Crippen LogP contribution is -2.25. The topological polar surface area (TPSA) is 83.1 Å². The molecule has 0 radical (unpaired) electrons. The molecule has 7 nitrogen and oxygen atoms in total. The summed E-state index contributed by atoms with van der Waals surface area (Å²) in [6.07, 6.45) is 0. The first-order valence-corrected chi connectivity index (χ1v) is 13.9. The maximum Gasteiger partial charge on any atom is 0.452 e. The van der Waals surface area contributed by atoms with E-state index in [1.54, 1.807) is 98.8 Å². The second-order valence-electron chi connectivity index (χ2n) is 6.77. The Kier molecular flexibility index (Phi) is 9.16. The van der Waals surface area contributed by atoms with Gasteiger partial charge in [-0.05, 0) is 55.8 Å². The van der Waals surface area contributed by atoms with E-state index < -0.39 is 21.1 Å². The van der Waals surface area contributed by atoms with E-state index in [4.69, 9.17) is 29.7 Å². The van der Waals surface area contributed by atoms with Crippen LogP contribution in [0.5, 0.6) is 11.5 Å². The second kappa shape index (κ2) is 11.8. The number of hydrogen-bond donors (Lipinski definition) is 1. The van der Waals surface area contributed by atoms with E-state index >= 15 is 0 Å². The van der Waals surface area contributed by atoms with Crippen molar-refractivity contribution < 1.29 is 27.2 Å². The Labute approximate surface area is 199 Å². The van der Waals surface area contributed by atoms with Gasteiger partial charge in [0.15, 0.2) is 5.78 Å². The molecule has 0 aliphatic heterocycles. The third-order valence-corrected chi connectivity index (χ3v) is 8.51. The molecule has 0 amide bonds. The molecular weight excluding hydrogens is 484 g/mol. The zero-order valence-corrected chi connectivity index (χ0v) is 20.8. The van der Waals surface area contributed by atoms with Crippen LogP contribution < -0.4 is 14.1 Å². The highest BCUT2D eigenvalue weighted by molar-refractivity contribution is 7.57. The van der Waals surface area contributed by atoms with Crippen LogP contribution in [0.4, 0.5) is 0 Å². The van der Waals surface area contributed by atoms with Crippen LogP contribution in [0.3, 0.4) is 0 Å². The molecule has 3 rings (SSSR count). The predicted octanol–water partition coefficient (Wildman–Crippen LogP) is 7.46. The third kappa shape index (κ3) is 7.18. The lowest BCUT2D eigenvalue weighted by molar-refractivity contribution is 0.208. The van der Waals surface area contributed by atoms with Crippen LogP contribution in [0, 0.1) is 0 Å². The van der Waals surface area contributed by atoms with Crippen LogP contribution in [-0.4, -0.2) is 13.2 Å².